The number of nitrogens with zero attached hydrogens (tertiary/aromatic N) is 5. The highest BCUT2D eigenvalue weighted by Gasteiger charge is 2.12. The molecule has 3 heterocycles. The molecule has 0 fully saturated rings. The lowest BCUT2D eigenvalue weighted by molar-refractivity contribution is 0.102. The van der Waals surface area contributed by atoms with Crippen molar-refractivity contribution in [3.05, 3.63) is 69.4 Å². The van der Waals surface area contributed by atoms with Crippen molar-refractivity contribution in [2.24, 2.45) is 14.1 Å². The fourth-order valence-corrected chi connectivity index (χ4v) is 2.13. The third-order valence-corrected chi connectivity index (χ3v) is 3.60. The van der Waals surface area contributed by atoms with Gasteiger partial charge in [0, 0.05) is 50.5 Å². The van der Waals surface area contributed by atoms with Crippen LogP contribution >= 0.6 is 0 Å². The van der Waals surface area contributed by atoms with Crippen molar-refractivity contribution in [2.75, 3.05) is 5.32 Å². The van der Waals surface area contributed by atoms with E-state index in [0.29, 0.717) is 5.82 Å². The predicted molar refractivity (Wildman–Crippen MR) is 90.1 cm³/mol. The third-order valence-electron chi connectivity index (χ3n) is 3.60. The standard InChI is InChI=1S/C16H14N6O3/c1-21-12(6-13(23)22(2)16(21)25)20-15(24)11-8-18-14(19-9-11)10-4-3-5-17-7-10/h3-9H,1-2H3,(H,20,24). The largest absolute Gasteiger partial charge is 0.332 e. The summed E-state index contributed by atoms with van der Waals surface area (Å²) in [6.45, 7) is 0. The van der Waals surface area contributed by atoms with Gasteiger partial charge >= 0.3 is 5.69 Å². The molecule has 0 saturated heterocycles. The van der Waals surface area contributed by atoms with Gasteiger partial charge in [0.1, 0.15) is 5.82 Å². The Kier molecular flexibility index (Phi) is 4.21. The first-order valence-corrected chi connectivity index (χ1v) is 7.28. The smallest absolute Gasteiger partial charge is 0.308 e. The van der Waals surface area contributed by atoms with Crippen LogP contribution in [-0.4, -0.2) is 30.0 Å². The number of nitrogens with one attached hydrogen (secondary N) is 1. The van der Waals surface area contributed by atoms with E-state index >= 15 is 0 Å². The lowest BCUT2D eigenvalue weighted by Gasteiger charge is -2.10. The van der Waals surface area contributed by atoms with Gasteiger partial charge in [-0.1, -0.05) is 0 Å². The van der Waals surface area contributed by atoms with Gasteiger partial charge in [-0.3, -0.25) is 23.7 Å². The van der Waals surface area contributed by atoms with E-state index in [0.717, 1.165) is 10.1 Å². The van der Waals surface area contributed by atoms with Gasteiger partial charge in [0.25, 0.3) is 11.5 Å². The lowest BCUT2D eigenvalue weighted by Crippen LogP contribution is -2.38. The molecule has 3 aromatic heterocycles. The predicted octanol–water partition coefficient (Wildman–Crippen LogP) is 0.188. The molecular formula is C16H14N6O3. The Labute approximate surface area is 141 Å². The highest BCUT2D eigenvalue weighted by Crippen LogP contribution is 2.12. The van der Waals surface area contributed by atoms with Crippen LogP contribution in [0.5, 0.6) is 0 Å². The van der Waals surface area contributed by atoms with E-state index in [4.69, 9.17) is 0 Å². The van der Waals surface area contributed by atoms with Crippen molar-refractivity contribution >= 4 is 11.7 Å². The van der Waals surface area contributed by atoms with Gasteiger partial charge in [-0.2, -0.15) is 0 Å². The first kappa shape index (κ1) is 16.2. The van der Waals surface area contributed by atoms with Crippen LogP contribution in [0, 0.1) is 0 Å². The molecule has 25 heavy (non-hydrogen) atoms. The minimum atomic E-state index is -0.536. The maximum atomic E-state index is 12.3. The van der Waals surface area contributed by atoms with Crippen molar-refractivity contribution in [1.82, 2.24) is 24.1 Å². The van der Waals surface area contributed by atoms with Crippen LogP contribution in [-0.2, 0) is 14.1 Å². The second kappa shape index (κ2) is 6.48. The molecule has 0 radical (unpaired) electrons. The molecule has 0 aromatic carbocycles. The van der Waals surface area contributed by atoms with Crippen LogP contribution in [0.4, 0.5) is 5.82 Å². The average molecular weight is 338 g/mol. The van der Waals surface area contributed by atoms with Crippen LogP contribution in [0.1, 0.15) is 10.4 Å². The lowest BCUT2D eigenvalue weighted by atomic mass is 10.2. The summed E-state index contributed by atoms with van der Waals surface area (Å²) in [6, 6.07) is 4.73. The summed E-state index contributed by atoms with van der Waals surface area (Å²) in [6.07, 6.45) is 5.98. The molecule has 1 N–H and O–H groups in total. The van der Waals surface area contributed by atoms with Crippen molar-refractivity contribution in [1.29, 1.82) is 0 Å². The van der Waals surface area contributed by atoms with Crippen LogP contribution < -0.4 is 16.6 Å². The van der Waals surface area contributed by atoms with Gasteiger partial charge in [-0.25, -0.2) is 14.8 Å². The highest BCUT2D eigenvalue weighted by molar-refractivity contribution is 6.03. The summed E-state index contributed by atoms with van der Waals surface area (Å²) in [7, 11) is 2.82. The molecule has 0 unspecified atom stereocenters. The molecule has 0 aliphatic carbocycles. The van der Waals surface area contributed by atoms with Crippen molar-refractivity contribution in [3.63, 3.8) is 0 Å². The average Bonchev–Trinajstić information content (AvgIpc) is 2.65. The molecule has 0 bridgehead atoms. The number of carbonyl (C=O) groups is 1. The monoisotopic (exact) mass is 338 g/mol. The third kappa shape index (κ3) is 3.20. The zero-order valence-corrected chi connectivity index (χ0v) is 13.5. The van der Waals surface area contributed by atoms with Gasteiger partial charge in [-0.15, -0.1) is 0 Å². The first-order valence-electron chi connectivity index (χ1n) is 7.28. The Hall–Kier alpha value is -3.62. The molecule has 0 spiro atoms. The normalized spacial score (nSPS) is 10.5. The minimum Gasteiger partial charge on any atom is -0.308 e. The topological polar surface area (TPSA) is 112 Å². The molecule has 0 aliphatic heterocycles. The number of pyridine rings is 1. The van der Waals surface area contributed by atoms with Gasteiger partial charge < -0.3 is 5.32 Å². The zero-order valence-electron chi connectivity index (χ0n) is 13.5. The SMILES string of the molecule is Cn1c(NC(=O)c2cnc(-c3cccnc3)nc2)cc(=O)n(C)c1=O. The molecule has 0 saturated carbocycles. The number of carbonyl (C=O) groups excluding carboxylic acids is 1. The summed E-state index contributed by atoms with van der Waals surface area (Å²) in [5.74, 6) is 0.000978. The molecule has 0 aliphatic rings. The number of hydrogen-bond donors (Lipinski definition) is 1. The van der Waals surface area contributed by atoms with E-state index in [1.165, 1.54) is 37.1 Å². The zero-order chi connectivity index (χ0) is 18.0. The van der Waals surface area contributed by atoms with Gasteiger partial charge in [-0.05, 0) is 12.1 Å². The summed E-state index contributed by atoms with van der Waals surface area (Å²) in [4.78, 5) is 48.1. The molecule has 9 nitrogen and oxygen atoms in total. The summed E-state index contributed by atoms with van der Waals surface area (Å²) >= 11 is 0. The molecular weight excluding hydrogens is 324 g/mol. The van der Waals surface area contributed by atoms with Crippen molar-refractivity contribution in [3.8, 4) is 11.4 Å². The van der Waals surface area contributed by atoms with Crippen LogP contribution in [0.3, 0.4) is 0 Å². The molecule has 1 amide bonds. The van der Waals surface area contributed by atoms with Crippen LogP contribution in [0.15, 0.2) is 52.6 Å². The number of anilines is 1. The maximum absolute atomic E-state index is 12.3. The second-order valence-corrected chi connectivity index (χ2v) is 5.26. The fourth-order valence-electron chi connectivity index (χ4n) is 2.13. The molecule has 3 aromatic rings. The Morgan fingerprint density at radius 2 is 1.80 bits per heavy atom. The number of hydrogen-bond acceptors (Lipinski definition) is 6. The van der Waals surface area contributed by atoms with E-state index in [9.17, 15) is 14.4 Å². The van der Waals surface area contributed by atoms with Gasteiger partial charge in [0.2, 0.25) is 0 Å². The fraction of sp³-hybridized carbons (Fsp3) is 0.125. The van der Waals surface area contributed by atoms with E-state index < -0.39 is 17.2 Å². The van der Waals surface area contributed by atoms with E-state index in [-0.39, 0.29) is 11.4 Å². The highest BCUT2D eigenvalue weighted by atomic mass is 16.2. The summed E-state index contributed by atoms with van der Waals surface area (Å²) < 4.78 is 2.12. The Morgan fingerprint density at radius 3 is 2.44 bits per heavy atom. The summed E-state index contributed by atoms with van der Waals surface area (Å²) in [5.41, 5.74) is -0.128. The van der Waals surface area contributed by atoms with Crippen LogP contribution in [0.2, 0.25) is 0 Å². The Morgan fingerprint density at radius 1 is 1.08 bits per heavy atom. The number of amides is 1. The molecule has 9 heteroatoms. The number of aromatic nitrogens is 5. The van der Waals surface area contributed by atoms with Crippen LogP contribution in [0.25, 0.3) is 11.4 Å². The Bertz CT molecular complexity index is 1040. The van der Waals surface area contributed by atoms with E-state index in [1.807, 2.05) is 0 Å². The minimum absolute atomic E-state index is 0.0921. The first-order chi connectivity index (χ1) is 12.0. The number of rotatable bonds is 3. The van der Waals surface area contributed by atoms with Gasteiger partial charge in [0.05, 0.1) is 5.56 Å². The van der Waals surface area contributed by atoms with E-state index in [2.05, 4.69) is 20.3 Å². The Balaban J connectivity index is 1.85. The van der Waals surface area contributed by atoms with E-state index in [1.54, 1.807) is 24.5 Å². The molecule has 0 atom stereocenters. The van der Waals surface area contributed by atoms with Crippen molar-refractivity contribution in [2.45, 2.75) is 0 Å². The molecule has 126 valence electrons. The van der Waals surface area contributed by atoms with Crippen molar-refractivity contribution < 1.29 is 4.79 Å². The second-order valence-electron chi connectivity index (χ2n) is 5.26. The summed E-state index contributed by atoms with van der Waals surface area (Å²) in [5, 5.41) is 2.51. The molecule has 3 rings (SSSR count). The maximum Gasteiger partial charge on any atom is 0.332 e. The quantitative estimate of drug-likeness (QED) is 0.729. The van der Waals surface area contributed by atoms with Gasteiger partial charge in [0.15, 0.2) is 5.82 Å².